The highest BCUT2D eigenvalue weighted by Gasteiger charge is 2.19. The minimum atomic E-state index is -0.778. The summed E-state index contributed by atoms with van der Waals surface area (Å²) in [6.07, 6.45) is 0.971. The van der Waals surface area contributed by atoms with Crippen molar-refractivity contribution in [2.75, 3.05) is 27.6 Å². The molecule has 0 aliphatic rings. The van der Waals surface area contributed by atoms with Crippen LogP contribution in [-0.2, 0) is 4.74 Å². The predicted molar refractivity (Wildman–Crippen MR) is 125 cm³/mol. The van der Waals surface area contributed by atoms with E-state index >= 15 is 0 Å². The number of amides is 1. The Bertz CT molecular complexity index is 1200. The number of hydrogen-bond donors (Lipinski definition) is 1. The van der Waals surface area contributed by atoms with E-state index in [2.05, 4.69) is 24.9 Å². The lowest BCUT2D eigenvalue weighted by Gasteiger charge is -2.14. The van der Waals surface area contributed by atoms with Gasteiger partial charge in [-0.15, -0.1) is 11.8 Å². The largest absolute Gasteiger partial charge is 0.504 e. The number of methoxy groups -OCH3 is 3. The third-order valence-electron chi connectivity index (χ3n) is 4.39. The van der Waals surface area contributed by atoms with Gasteiger partial charge >= 0.3 is 6.09 Å². The Morgan fingerprint density at radius 1 is 1.12 bits per heavy atom. The number of phenols is 1. The Labute approximate surface area is 194 Å². The van der Waals surface area contributed by atoms with Crippen LogP contribution in [0.2, 0.25) is 0 Å². The van der Waals surface area contributed by atoms with Crippen molar-refractivity contribution in [1.82, 2.24) is 10.1 Å². The molecule has 3 rings (SSSR count). The second-order valence-corrected chi connectivity index (χ2v) is 7.26. The van der Waals surface area contributed by atoms with Crippen molar-refractivity contribution < 1.29 is 28.6 Å². The summed E-state index contributed by atoms with van der Waals surface area (Å²) < 4.78 is 20.2. The molecule has 11 heteroatoms. The normalized spacial score (nSPS) is 11.9. The van der Waals surface area contributed by atoms with Gasteiger partial charge in [0.25, 0.3) is 0 Å². The summed E-state index contributed by atoms with van der Waals surface area (Å²) in [7, 11) is 4.11. The van der Waals surface area contributed by atoms with Crippen molar-refractivity contribution in [2.45, 2.75) is 6.92 Å². The highest BCUT2D eigenvalue weighted by atomic mass is 32.2. The first-order chi connectivity index (χ1) is 15.9. The van der Waals surface area contributed by atoms with Gasteiger partial charge in [0.05, 0.1) is 27.0 Å². The van der Waals surface area contributed by atoms with Crippen LogP contribution in [-0.4, -0.2) is 59.7 Å². The fourth-order valence-corrected chi connectivity index (χ4v) is 3.39. The molecule has 0 bridgehead atoms. The van der Waals surface area contributed by atoms with E-state index in [1.807, 2.05) is 0 Å². The number of aliphatic imine (C=N–C) groups is 2. The lowest BCUT2D eigenvalue weighted by Crippen LogP contribution is -2.15. The molecule has 0 aliphatic heterocycles. The Morgan fingerprint density at radius 2 is 1.85 bits per heavy atom. The number of hydrogen-bond acceptors (Lipinski definition) is 10. The van der Waals surface area contributed by atoms with Gasteiger partial charge in [-0.25, -0.2) is 9.79 Å². The summed E-state index contributed by atoms with van der Waals surface area (Å²) in [4.78, 5) is 24.7. The molecular weight excluding hydrogens is 448 g/mol. The second-order valence-electron chi connectivity index (χ2n) is 6.47. The number of carbonyl (C=O) groups is 1. The van der Waals surface area contributed by atoms with Crippen LogP contribution in [0.1, 0.15) is 11.5 Å². The number of benzene rings is 2. The summed E-state index contributed by atoms with van der Waals surface area (Å²) in [6, 6.07) is 10.2. The maximum atomic E-state index is 11.9. The number of aromatic hydroxyl groups is 1. The van der Waals surface area contributed by atoms with E-state index in [0.29, 0.717) is 34.4 Å². The number of rotatable bonds is 6. The molecule has 0 saturated heterocycles. The molecule has 0 unspecified atom stereocenters. The number of aromatic nitrogens is 2. The highest BCUT2D eigenvalue weighted by Crippen LogP contribution is 2.38. The molecule has 0 saturated carbocycles. The molecular formula is C22H22N4O6S. The number of phenolic OH excluding ortho intramolecular Hbond substituents is 1. The van der Waals surface area contributed by atoms with Gasteiger partial charge in [-0.05, 0) is 42.7 Å². The van der Waals surface area contributed by atoms with Crippen LogP contribution in [0.4, 0.5) is 10.5 Å². The summed E-state index contributed by atoms with van der Waals surface area (Å²) >= 11 is 1.20. The zero-order chi connectivity index (χ0) is 24.0. The second kappa shape index (κ2) is 10.6. The van der Waals surface area contributed by atoms with Crippen molar-refractivity contribution in [3.8, 4) is 28.6 Å². The quantitative estimate of drug-likeness (QED) is 0.411. The molecule has 3 aromatic rings. The van der Waals surface area contributed by atoms with Crippen LogP contribution >= 0.6 is 11.8 Å². The zero-order valence-corrected chi connectivity index (χ0v) is 19.5. The maximum absolute atomic E-state index is 11.9. The van der Waals surface area contributed by atoms with E-state index in [0.717, 1.165) is 5.56 Å². The van der Waals surface area contributed by atoms with Crippen LogP contribution in [0, 0.1) is 6.92 Å². The lowest BCUT2D eigenvalue weighted by molar-refractivity contribution is 0.183. The SMILES string of the molecule is COC(=O)/N=C(SC)/C(=N\c1ccc(-c2noc(C)n2)cc1)c1cc(O)c(OC)c(OC)c1. The number of ether oxygens (including phenoxy) is 3. The monoisotopic (exact) mass is 470 g/mol. The van der Waals surface area contributed by atoms with Crippen LogP contribution in [0.25, 0.3) is 11.4 Å². The summed E-state index contributed by atoms with van der Waals surface area (Å²) in [5, 5.41) is 14.6. The van der Waals surface area contributed by atoms with Gasteiger partial charge in [-0.3, -0.25) is 0 Å². The van der Waals surface area contributed by atoms with E-state index < -0.39 is 6.09 Å². The number of carbonyl (C=O) groups excluding carboxylic acids is 1. The van der Waals surface area contributed by atoms with Gasteiger partial charge in [0.2, 0.25) is 17.5 Å². The summed E-state index contributed by atoms with van der Waals surface area (Å²) in [5.74, 6) is 1.25. The smallest absolute Gasteiger partial charge is 0.434 e. The van der Waals surface area contributed by atoms with Crippen molar-refractivity contribution >= 4 is 34.3 Å². The molecule has 33 heavy (non-hydrogen) atoms. The standard InChI is InChI=1S/C22H22N4O6S/c1-12-23-20(26-32-12)13-6-8-15(9-7-13)24-18(21(33-5)25-22(28)31-4)14-10-16(27)19(30-3)17(11-14)29-2/h6-11,27H,1-5H3/b24-18-,25-21-. The van der Waals surface area contributed by atoms with Gasteiger partial charge < -0.3 is 23.8 Å². The molecule has 0 spiro atoms. The van der Waals surface area contributed by atoms with E-state index in [1.54, 1.807) is 43.5 Å². The fourth-order valence-electron chi connectivity index (χ4n) is 2.87. The molecule has 1 N–H and O–H groups in total. The third kappa shape index (κ3) is 5.50. The summed E-state index contributed by atoms with van der Waals surface area (Å²) in [5.41, 5.74) is 2.10. The first-order valence-electron chi connectivity index (χ1n) is 9.56. The number of nitrogens with zero attached hydrogens (tertiary/aromatic N) is 4. The molecule has 1 heterocycles. The zero-order valence-electron chi connectivity index (χ0n) is 18.6. The topological polar surface area (TPSA) is 129 Å². The van der Waals surface area contributed by atoms with Gasteiger partial charge in [0.15, 0.2) is 11.5 Å². The Hall–Kier alpha value is -3.86. The molecule has 0 fully saturated rings. The molecule has 0 aliphatic carbocycles. The molecule has 2 aromatic carbocycles. The molecule has 0 radical (unpaired) electrons. The van der Waals surface area contributed by atoms with E-state index in [1.165, 1.54) is 39.2 Å². The highest BCUT2D eigenvalue weighted by molar-refractivity contribution is 8.15. The van der Waals surface area contributed by atoms with E-state index in [-0.39, 0.29) is 16.5 Å². The maximum Gasteiger partial charge on any atom is 0.434 e. The van der Waals surface area contributed by atoms with Gasteiger partial charge in [0, 0.05) is 18.1 Å². The van der Waals surface area contributed by atoms with Crippen molar-refractivity contribution in [3.05, 3.63) is 47.9 Å². The predicted octanol–water partition coefficient (Wildman–Crippen LogP) is 4.42. The number of thioether (sulfide) groups is 1. The van der Waals surface area contributed by atoms with Crippen molar-refractivity contribution in [1.29, 1.82) is 0 Å². The Kier molecular flexibility index (Phi) is 7.67. The Morgan fingerprint density at radius 3 is 2.39 bits per heavy atom. The first kappa shape index (κ1) is 23.8. The lowest BCUT2D eigenvalue weighted by atomic mass is 10.1. The van der Waals surface area contributed by atoms with Gasteiger partial charge in [0.1, 0.15) is 10.8 Å². The summed E-state index contributed by atoms with van der Waals surface area (Å²) in [6.45, 7) is 1.71. The van der Waals surface area contributed by atoms with Crippen LogP contribution in [0.5, 0.6) is 17.2 Å². The molecule has 1 aromatic heterocycles. The van der Waals surface area contributed by atoms with Crippen molar-refractivity contribution in [2.24, 2.45) is 9.98 Å². The molecule has 1 amide bonds. The average Bonchev–Trinajstić information content (AvgIpc) is 3.27. The van der Waals surface area contributed by atoms with E-state index in [9.17, 15) is 9.90 Å². The van der Waals surface area contributed by atoms with Crippen LogP contribution in [0.3, 0.4) is 0 Å². The molecule has 10 nitrogen and oxygen atoms in total. The number of aryl methyl sites for hydroxylation is 1. The molecule has 172 valence electrons. The average molecular weight is 471 g/mol. The van der Waals surface area contributed by atoms with Crippen LogP contribution < -0.4 is 9.47 Å². The minimum Gasteiger partial charge on any atom is -0.504 e. The van der Waals surface area contributed by atoms with Crippen molar-refractivity contribution in [3.63, 3.8) is 0 Å². The minimum absolute atomic E-state index is 0.152. The first-order valence-corrected chi connectivity index (χ1v) is 10.8. The fraction of sp³-hybridized carbons (Fsp3) is 0.227. The molecule has 0 atom stereocenters. The Balaban J connectivity index is 2.13. The van der Waals surface area contributed by atoms with Gasteiger partial charge in [-0.1, -0.05) is 5.16 Å². The van der Waals surface area contributed by atoms with Crippen LogP contribution in [0.15, 0.2) is 50.9 Å². The third-order valence-corrected chi connectivity index (χ3v) is 5.06. The van der Waals surface area contributed by atoms with Gasteiger partial charge in [-0.2, -0.15) is 9.98 Å². The van der Waals surface area contributed by atoms with E-state index in [4.69, 9.17) is 14.0 Å².